The normalized spacial score (nSPS) is 11.4. The van der Waals surface area contributed by atoms with Gasteiger partial charge in [0.1, 0.15) is 11.5 Å². The Morgan fingerprint density at radius 3 is 1.26 bits per heavy atom. The standard InChI is InChI=1S/2C16H18N2O/c2*1-11-7-14(8-12(2)16(11)19)13(3)9-18-15-5-4-6-17-10-15/h2*4-10,18-19H,1-3H3/b13-9+;13-9-. The summed E-state index contributed by atoms with van der Waals surface area (Å²) in [4.78, 5) is 8.10. The quantitative estimate of drug-likeness (QED) is 0.213. The first kappa shape index (κ1) is 28.0. The van der Waals surface area contributed by atoms with Crippen molar-refractivity contribution in [3.8, 4) is 11.5 Å². The second-order valence-electron chi connectivity index (χ2n) is 9.34. The lowest BCUT2D eigenvalue weighted by Gasteiger charge is -2.09. The summed E-state index contributed by atoms with van der Waals surface area (Å²) in [6.45, 7) is 11.7. The average Bonchev–Trinajstić information content (AvgIpc) is 2.93. The Balaban J connectivity index is 0.000000211. The molecule has 196 valence electrons. The van der Waals surface area contributed by atoms with E-state index in [1.54, 1.807) is 24.8 Å². The third-order valence-electron chi connectivity index (χ3n) is 6.13. The molecule has 0 aliphatic carbocycles. The maximum atomic E-state index is 9.78. The minimum Gasteiger partial charge on any atom is -0.507 e. The molecule has 0 saturated carbocycles. The van der Waals surface area contributed by atoms with Crippen molar-refractivity contribution in [2.75, 3.05) is 10.6 Å². The molecule has 0 bridgehead atoms. The molecule has 0 fully saturated rings. The Labute approximate surface area is 225 Å². The molecule has 0 spiro atoms. The molecule has 38 heavy (non-hydrogen) atoms. The lowest BCUT2D eigenvalue weighted by Crippen LogP contribution is -1.92. The molecule has 6 heteroatoms. The highest BCUT2D eigenvalue weighted by molar-refractivity contribution is 5.69. The fourth-order valence-electron chi connectivity index (χ4n) is 3.81. The van der Waals surface area contributed by atoms with Crippen LogP contribution in [-0.2, 0) is 0 Å². The van der Waals surface area contributed by atoms with Gasteiger partial charge < -0.3 is 20.8 Å². The van der Waals surface area contributed by atoms with Crippen molar-refractivity contribution in [3.63, 3.8) is 0 Å². The number of phenolic OH excluding ortho intramolecular Hbond substituents is 2. The van der Waals surface area contributed by atoms with E-state index in [2.05, 4.69) is 20.6 Å². The van der Waals surface area contributed by atoms with Gasteiger partial charge in [0.15, 0.2) is 0 Å². The summed E-state index contributed by atoms with van der Waals surface area (Å²) in [5, 5.41) is 26.0. The van der Waals surface area contributed by atoms with Crippen molar-refractivity contribution in [2.24, 2.45) is 0 Å². The summed E-state index contributed by atoms with van der Waals surface area (Å²) in [5.41, 5.74) is 9.89. The number of phenols is 2. The highest BCUT2D eigenvalue weighted by Gasteiger charge is 2.05. The number of aryl methyl sites for hydroxylation is 4. The number of hydrogen-bond acceptors (Lipinski definition) is 6. The zero-order chi connectivity index (χ0) is 27.7. The molecule has 0 aliphatic heterocycles. The number of nitrogens with one attached hydrogen (secondary N) is 2. The number of pyridine rings is 2. The van der Waals surface area contributed by atoms with E-state index in [0.717, 1.165) is 55.9 Å². The van der Waals surface area contributed by atoms with Crippen molar-refractivity contribution < 1.29 is 10.2 Å². The number of anilines is 2. The van der Waals surface area contributed by atoms with Gasteiger partial charge in [0.25, 0.3) is 0 Å². The molecule has 0 aliphatic rings. The Morgan fingerprint density at radius 1 is 0.632 bits per heavy atom. The number of rotatable bonds is 6. The SMILES string of the molecule is C/C(=C/Nc1cccnc1)c1cc(C)c(O)c(C)c1.C/C(=C\Nc1cccnc1)c1cc(C)c(O)c(C)c1. The maximum Gasteiger partial charge on any atom is 0.121 e. The van der Waals surface area contributed by atoms with Crippen LogP contribution in [0.3, 0.4) is 0 Å². The van der Waals surface area contributed by atoms with E-state index in [-0.39, 0.29) is 0 Å². The van der Waals surface area contributed by atoms with E-state index in [1.165, 1.54) is 0 Å². The molecule has 0 amide bonds. The van der Waals surface area contributed by atoms with E-state index in [4.69, 9.17) is 0 Å². The van der Waals surface area contributed by atoms with Gasteiger partial charge in [-0.05, 0) is 135 Å². The van der Waals surface area contributed by atoms with E-state index >= 15 is 0 Å². The van der Waals surface area contributed by atoms with Gasteiger partial charge in [-0.25, -0.2) is 0 Å². The fourth-order valence-corrected chi connectivity index (χ4v) is 3.81. The molecule has 4 N–H and O–H groups in total. The van der Waals surface area contributed by atoms with Gasteiger partial charge in [0.05, 0.1) is 23.8 Å². The molecule has 2 aromatic carbocycles. The summed E-state index contributed by atoms with van der Waals surface area (Å²) >= 11 is 0. The van der Waals surface area contributed by atoms with E-state index in [9.17, 15) is 10.2 Å². The molecular formula is C32H36N4O2. The number of allylic oxidation sites excluding steroid dienone is 2. The molecule has 0 saturated heterocycles. The van der Waals surface area contributed by atoms with Gasteiger partial charge >= 0.3 is 0 Å². The van der Waals surface area contributed by atoms with Crippen LogP contribution >= 0.6 is 0 Å². The summed E-state index contributed by atoms with van der Waals surface area (Å²) in [5.74, 6) is 0.744. The smallest absolute Gasteiger partial charge is 0.121 e. The highest BCUT2D eigenvalue weighted by atomic mass is 16.3. The number of aromatic nitrogens is 2. The maximum absolute atomic E-state index is 9.78. The summed E-state index contributed by atoms with van der Waals surface area (Å²) in [6, 6.07) is 15.6. The summed E-state index contributed by atoms with van der Waals surface area (Å²) in [6.07, 6.45) is 10.9. The van der Waals surface area contributed by atoms with Crippen LogP contribution in [0.4, 0.5) is 11.4 Å². The molecule has 4 rings (SSSR count). The summed E-state index contributed by atoms with van der Waals surface area (Å²) < 4.78 is 0. The van der Waals surface area contributed by atoms with Crippen LogP contribution in [0.2, 0.25) is 0 Å². The molecule has 0 atom stereocenters. The first-order valence-corrected chi connectivity index (χ1v) is 12.4. The Morgan fingerprint density at radius 2 is 0.974 bits per heavy atom. The van der Waals surface area contributed by atoms with Crippen LogP contribution in [0.1, 0.15) is 47.2 Å². The average molecular weight is 509 g/mol. The van der Waals surface area contributed by atoms with Crippen LogP contribution in [0.15, 0.2) is 85.7 Å². The molecule has 0 unspecified atom stereocenters. The van der Waals surface area contributed by atoms with E-state index in [1.807, 2.05) is 102 Å². The lowest BCUT2D eigenvalue weighted by atomic mass is 10.0. The third kappa shape index (κ3) is 7.71. The van der Waals surface area contributed by atoms with Crippen molar-refractivity contribution in [3.05, 3.63) is 119 Å². The zero-order valence-corrected chi connectivity index (χ0v) is 22.9. The van der Waals surface area contributed by atoms with Gasteiger partial charge in [0.2, 0.25) is 0 Å². The number of benzene rings is 2. The predicted octanol–water partition coefficient (Wildman–Crippen LogP) is 7.75. The Kier molecular flexibility index (Phi) is 9.66. The van der Waals surface area contributed by atoms with Crippen molar-refractivity contribution in [2.45, 2.75) is 41.5 Å². The predicted molar refractivity (Wildman–Crippen MR) is 158 cm³/mol. The lowest BCUT2D eigenvalue weighted by molar-refractivity contribution is 0.466. The van der Waals surface area contributed by atoms with Crippen molar-refractivity contribution in [1.82, 2.24) is 9.97 Å². The highest BCUT2D eigenvalue weighted by Crippen LogP contribution is 2.27. The molecule has 0 radical (unpaired) electrons. The minimum absolute atomic E-state index is 0.372. The van der Waals surface area contributed by atoms with E-state index in [0.29, 0.717) is 11.5 Å². The largest absolute Gasteiger partial charge is 0.507 e. The third-order valence-corrected chi connectivity index (χ3v) is 6.13. The fraction of sp³-hybridized carbons (Fsp3) is 0.188. The number of hydrogen-bond donors (Lipinski definition) is 4. The van der Waals surface area contributed by atoms with E-state index < -0.39 is 0 Å². The molecule has 4 aromatic rings. The van der Waals surface area contributed by atoms with Crippen molar-refractivity contribution in [1.29, 1.82) is 0 Å². The van der Waals surface area contributed by atoms with Gasteiger partial charge in [-0.1, -0.05) is 0 Å². The second-order valence-corrected chi connectivity index (χ2v) is 9.34. The first-order chi connectivity index (χ1) is 18.2. The topological polar surface area (TPSA) is 90.3 Å². The Hall–Kier alpha value is -4.58. The summed E-state index contributed by atoms with van der Waals surface area (Å²) in [7, 11) is 0. The van der Waals surface area contributed by atoms with Crippen LogP contribution in [0.5, 0.6) is 11.5 Å². The van der Waals surface area contributed by atoms with Crippen molar-refractivity contribution >= 4 is 22.5 Å². The molecule has 2 heterocycles. The van der Waals surface area contributed by atoms with Crippen LogP contribution in [-0.4, -0.2) is 20.2 Å². The monoisotopic (exact) mass is 508 g/mol. The van der Waals surface area contributed by atoms with Gasteiger partial charge in [-0.15, -0.1) is 0 Å². The second kappa shape index (κ2) is 13.1. The zero-order valence-electron chi connectivity index (χ0n) is 22.9. The molecule has 2 aromatic heterocycles. The number of nitrogens with zero attached hydrogens (tertiary/aromatic N) is 2. The minimum atomic E-state index is 0.372. The molecule has 6 nitrogen and oxygen atoms in total. The van der Waals surface area contributed by atoms with Gasteiger partial charge in [-0.3, -0.25) is 9.97 Å². The Bertz CT molecular complexity index is 1270. The molecular weight excluding hydrogens is 472 g/mol. The van der Waals surface area contributed by atoms with Crippen LogP contribution < -0.4 is 10.6 Å². The van der Waals surface area contributed by atoms with Gasteiger partial charge in [0, 0.05) is 24.8 Å². The van der Waals surface area contributed by atoms with Crippen LogP contribution in [0.25, 0.3) is 11.1 Å². The van der Waals surface area contributed by atoms with Crippen LogP contribution in [0, 0.1) is 27.7 Å². The van der Waals surface area contributed by atoms with Gasteiger partial charge in [-0.2, -0.15) is 0 Å². The number of aromatic hydroxyl groups is 2. The first-order valence-electron chi connectivity index (χ1n) is 12.4.